The molecule has 2 heterocycles. The number of rotatable bonds is 6. The van der Waals surface area contributed by atoms with E-state index in [1.165, 1.54) is 0 Å². The maximum atomic E-state index is 12.0. The van der Waals surface area contributed by atoms with Crippen molar-refractivity contribution in [2.45, 2.75) is 19.4 Å². The van der Waals surface area contributed by atoms with Gasteiger partial charge in [0.25, 0.3) is 0 Å². The molecule has 0 aliphatic heterocycles. The molecule has 0 spiro atoms. The number of hydrogen-bond acceptors (Lipinski definition) is 5. The lowest BCUT2D eigenvalue weighted by Crippen LogP contribution is -2.07. The predicted molar refractivity (Wildman–Crippen MR) is 95.7 cm³/mol. The standard InChI is InChI=1S/C19H17ClN2O3/c1-24-16-8-13(10-21-11-16)6-7-18(23)25-12-15-9-14-4-2-3-5-17(14)22-19(15)20/h2-5,8-11H,6-7,12H2,1H3. The summed E-state index contributed by atoms with van der Waals surface area (Å²) in [5, 5.41) is 1.31. The fourth-order valence-corrected chi connectivity index (χ4v) is 2.63. The van der Waals surface area contributed by atoms with Crippen LogP contribution in [0.25, 0.3) is 10.9 Å². The van der Waals surface area contributed by atoms with Gasteiger partial charge in [0.05, 0.1) is 18.8 Å². The fraction of sp³-hybridized carbons (Fsp3) is 0.211. The summed E-state index contributed by atoms with van der Waals surface area (Å²) < 4.78 is 10.4. The lowest BCUT2D eigenvalue weighted by molar-refractivity contribution is -0.144. The number of nitrogens with zero attached hydrogens (tertiary/aromatic N) is 2. The molecule has 5 nitrogen and oxygen atoms in total. The third-order valence-electron chi connectivity index (χ3n) is 3.76. The normalized spacial score (nSPS) is 10.6. The Kier molecular flexibility index (Phi) is 5.46. The molecule has 0 saturated carbocycles. The molecule has 0 fully saturated rings. The quantitative estimate of drug-likeness (QED) is 0.494. The van der Waals surface area contributed by atoms with E-state index < -0.39 is 0 Å². The van der Waals surface area contributed by atoms with Crippen LogP contribution in [0.2, 0.25) is 5.15 Å². The molecule has 0 saturated heterocycles. The van der Waals surface area contributed by atoms with Crippen LogP contribution in [0, 0.1) is 0 Å². The molecule has 0 amide bonds. The molecule has 3 aromatic rings. The first-order valence-electron chi connectivity index (χ1n) is 7.83. The van der Waals surface area contributed by atoms with Crippen LogP contribution in [-0.4, -0.2) is 23.0 Å². The van der Waals surface area contributed by atoms with Crippen molar-refractivity contribution in [2.24, 2.45) is 0 Å². The number of hydrogen-bond donors (Lipinski definition) is 0. The smallest absolute Gasteiger partial charge is 0.306 e. The minimum Gasteiger partial charge on any atom is -0.495 e. The Morgan fingerprint density at radius 2 is 2.04 bits per heavy atom. The number of halogens is 1. The summed E-state index contributed by atoms with van der Waals surface area (Å²) in [4.78, 5) is 20.4. The molecule has 128 valence electrons. The number of aromatic nitrogens is 2. The fourth-order valence-electron chi connectivity index (χ4n) is 2.43. The molecule has 25 heavy (non-hydrogen) atoms. The molecule has 6 heteroatoms. The van der Waals surface area contributed by atoms with Crippen molar-refractivity contribution in [1.82, 2.24) is 9.97 Å². The monoisotopic (exact) mass is 356 g/mol. The Morgan fingerprint density at radius 1 is 1.20 bits per heavy atom. The molecule has 0 unspecified atom stereocenters. The molecule has 0 bridgehead atoms. The van der Waals surface area contributed by atoms with Gasteiger partial charge in [-0.05, 0) is 30.2 Å². The third-order valence-corrected chi connectivity index (χ3v) is 4.09. The van der Waals surface area contributed by atoms with Crippen molar-refractivity contribution in [2.75, 3.05) is 7.11 Å². The maximum absolute atomic E-state index is 12.0. The lowest BCUT2D eigenvalue weighted by atomic mass is 10.1. The van der Waals surface area contributed by atoms with E-state index in [1.54, 1.807) is 19.5 Å². The minimum absolute atomic E-state index is 0.103. The summed E-state index contributed by atoms with van der Waals surface area (Å²) >= 11 is 6.17. The first-order chi connectivity index (χ1) is 12.2. The van der Waals surface area contributed by atoms with Crippen molar-refractivity contribution in [3.8, 4) is 5.75 Å². The van der Waals surface area contributed by atoms with E-state index in [9.17, 15) is 4.79 Å². The topological polar surface area (TPSA) is 61.3 Å². The van der Waals surface area contributed by atoms with Crippen LogP contribution in [-0.2, 0) is 22.6 Å². The van der Waals surface area contributed by atoms with Gasteiger partial charge in [-0.2, -0.15) is 0 Å². The van der Waals surface area contributed by atoms with E-state index in [0.717, 1.165) is 16.5 Å². The second-order valence-electron chi connectivity index (χ2n) is 5.52. The van der Waals surface area contributed by atoms with Crippen LogP contribution >= 0.6 is 11.6 Å². The third kappa shape index (κ3) is 4.45. The number of carbonyl (C=O) groups is 1. The molecule has 1 aromatic carbocycles. The van der Waals surface area contributed by atoms with Crippen molar-refractivity contribution in [3.05, 3.63) is 65.1 Å². The van der Waals surface area contributed by atoms with Crippen LogP contribution < -0.4 is 4.74 Å². The molecule has 0 radical (unpaired) electrons. The van der Waals surface area contributed by atoms with Gasteiger partial charge in [-0.3, -0.25) is 9.78 Å². The zero-order chi connectivity index (χ0) is 17.6. The first-order valence-corrected chi connectivity index (χ1v) is 8.21. The van der Waals surface area contributed by atoms with Crippen LogP contribution in [0.15, 0.2) is 48.8 Å². The molecular weight excluding hydrogens is 340 g/mol. The number of esters is 1. The van der Waals surface area contributed by atoms with Gasteiger partial charge >= 0.3 is 5.97 Å². The highest BCUT2D eigenvalue weighted by atomic mass is 35.5. The molecule has 0 aliphatic carbocycles. The average Bonchev–Trinajstić information content (AvgIpc) is 2.64. The Labute approximate surface area is 150 Å². The van der Waals surface area contributed by atoms with Crippen molar-refractivity contribution in [3.63, 3.8) is 0 Å². The highest BCUT2D eigenvalue weighted by Crippen LogP contribution is 2.21. The zero-order valence-corrected chi connectivity index (χ0v) is 14.5. The van der Waals surface area contributed by atoms with Crippen molar-refractivity contribution < 1.29 is 14.3 Å². The van der Waals surface area contributed by atoms with Gasteiger partial charge in [0.2, 0.25) is 0 Å². The summed E-state index contributed by atoms with van der Waals surface area (Å²) in [6.45, 7) is 0.103. The highest BCUT2D eigenvalue weighted by Gasteiger charge is 2.09. The van der Waals surface area contributed by atoms with Gasteiger partial charge < -0.3 is 9.47 Å². The number of carbonyl (C=O) groups excluding carboxylic acids is 1. The zero-order valence-electron chi connectivity index (χ0n) is 13.7. The van der Waals surface area contributed by atoms with Gasteiger partial charge in [0.1, 0.15) is 17.5 Å². The van der Waals surface area contributed by atoms with Crippen LogP contribution in [0.3, 0.4) is 0 Å². The van der Waals surface area contributed by atoms with Gasteiger partial charge in [0, 0.05) is 23.6 Å². The van der Waals surface area contributed by atoms with E-state index in [-0.39, 0.29) is 19.0 Å². The number of para-hydroxylation sites is 1. The van der Waals surface area contributed by atoms with Crippen LogP contribution in [0.4, 0.5) is 0 Å². The van der Waals surface area contributed by atoms with Gasteiger partial charge in [-0.25, -0.2) is 4.98 Å². The Hall–Kier alpha value is -2.66. The molecule has 2 aromatic heterocycles. The number of ether oxygens (including phenoxy) is 2. The first kappa shape index (κ1) is 17.2. The van der Waals surface area contributed by atoms with Crippen molar-refractivity contribution in [1.29, 1.82) is 0 Å². The summed E-state index contributed by atoms with van der Waals surface area (Å²) in [6.07, 6.45) is 4.12. The SMILES string of the molecule is COc1cncc(CCC(=O)OCc2cc3ccccc3nc2Cl)c1. The van der Waals surface area contributed by atoms with Crippen LogP contribution in [0.1, 0.15) is 17.5 Å². The Balaban J connectivity index is 1.57. The van der Waals surface area contributed by atoms with Crippen LogP contribution in [0.5, 0.6) is 5.75 Å². The summed E-state index contributed by atoms with van der Waals surface area (Å²) in [5.41, 5.74) is 2.42. The van der Waals surface area contributed by atoms with E-state index in [1.807, 2.05) is 36.4 Å². The van der Waals surface area contributed by atoms with Gasteiger partial charge in [-0.1, -0.05) is 29.8 Å². The average molecular weight is 357 g/mol. The van der Waals surface area contributed by atoms with E-state index in [4.69, 9.17) is 21.1 Å². The molecular formula is C19H17ClN2O3. The number of pyridine rings is 2. The number of aryl methyl sites for hydroxylation is 1. The number of methoxy groups -OCH3 is 1. The molecule has 0 aliphatic rings. The Morgan fingerprint density at radius 3 is 2.88 bits per heavy atom. The lowest BCUT2D eigenvalue weighted by Gasteiger charge is -2.08. The van der Waals surface area contributed by atoms with Gasteiger partial charge in [-0.15, -0.1) is 0 Å². The molecule has 0 atom stereocenters. The number of fused-ring (bicyclic) bond motifs is 1. The predicted octanol–water partition coefficient (Wildman–Crippen LogP) is 3.97. The Bertz CT molecular complexity index is 899. The van der Waals surface area contributed by atoms with E-state index in [2.05, 4.69) is 9.97 Å². The highest BCUT2D eigenvalue weighted by molar-refractivity contribution is 6.30. The number of benzene rings is 1. The second kappa shape index (κ2) is 7.94. The summed E-state index contributed by atoms with van der Waals surface area (Å²) in [7, 11) is 1.58. The summed E-state index contributed by atoms with van der Waals surface area (Å²) in [6, 6.07) is 11.4. The molecule has 3 rings (SSSR count). The minimum atomic E-state index is -0.299. The largest absolute Gasteiger partial charge is 0.495 e. The van der Waals surface area contributed by atoms with E-state index in [0.29, 0.717) is 22.9 Å². The van der Waals surface area contributed by atoms with Gasteiger partial charge in [0.15, 0.2) is 0 Å². The van der Waals surface area contributed by atoms with E-state index >= 15 is 0 Å². The summed E-state index contributed by atoms with van der Waals surface area (Å²) in [5.74, 6) is 0.368. The molecule has 0 N–H and O–H groups in total. The van der Waals surface area contributed by atoms with Crippen molar-refractivity contribution >= 4 is 28.5 Å². The maximum Gasteiger partial charge on any atom is 0.306 e. The second-order valence-corrected chi connectivity index (χ2v) is 5.88.